The third-order valence-electron chi connectivity index (χ3n) is 10.6. The van der Waals surface area contributed by atoms with Gasteiger partial charge in [0.2, 0.25) is 5.95 Å². The van der Waals surface area contributed by atoms with Crippen molar-refractivity contribution in [2.24, 2.45) is 0 Å². The van der Waals surface area contributed by atoms with Crippen LogP contribution in [0.25, 0.3) is 11.1 Å². The van der Waals surface area contributed by atoms with Gasteiger partial charge in [0.1, 0.15) is 42.9 Å². The molecule has 0 bridgehead atoms. The molecule has 0 radical (unpaired) electrons. The van der Waals surface area contributed by atoms with Crippen LogP contribution in [0.2, 0.25) is 0 Å². The van der Waals surface area contributed by atoms with Crippen molar-refractivity contribution >= 4 is 11.6 Å². The van der Waals surface area contributed by atoms with Crippen LogP contribution < -0.4 is 14.8 Å². The number of morpholine rings is 1. The fraction of sp³-hybridized carbons (Fsp3) is 0.636. The number of hydrogen-bond donors (Lipinski definition) is 1. The van der Waals surface area contributed by atoms with Crippen LogP contribution in [0.15, 0.2) is 49.4 Å². The molecule has 0 unspecified atom stereocenters. The van der Waals surface area contributed by atoms with Crippen LogP contribution >= 0.6 is 0 Å². The second-order valence-corrected chi connectivity index (χ2v) is 15.2. The summed E-state index contributed by atoms with van der Waals surface area (Å²) in [5.41, 5.74) is 2.68. The predicted molar refractivity (Wildman–Crippen MR) is 234 cm³/mol. The Morgan fingerprint density at radius 1 is 0.781 bits per heavy atom. The van der Waals surface area contributed by atoms with Crippen LogP contribution in [0.3, 0.4) is 0 Å². The Morgan fingerprint density at radius 2 is 1.38 bits per heavy atom. The van der Waals surface area contributed by atoms with Crippen molar-refractivity contribution < 1.29 is 47.4 Å². The first-order valence-corrected chi connectivity index (χ1v) is 22.2. The molecule has 0 spiro atoms. The van der Waals surface area contributed by atoms with Crippen LogP contribution in [0.5, 0.6) is 11.6 Å². The maximum atomic E-state index is 9.75. The summed E-state index contributed by atoms with van der Waals surface area (Å²) in [6.07, 6.45) is 12.6. The van der Waals surface area contributed by atoms with E-state index in [2.05, 4.69) is 36.3 Å². The number of benzene rings is 1. The van der Waals surface area contributed by atoms with E-state index >= 15 is 0 Å². The van der Waals surface area contributed by atoms with Gasteiger partial charge in [-0.25, -0.2) is 19.6 Å². The first-order valence-electron chi connectivity index (χ1n) is 22.2. The molecule has 2 fully saturated rings. The zero-order chi connectivity index (χ0) is 44.4. The molecule has 1 N–H and O–H groups in total. The fourth-order valence-corrected chi connectivity index (χ4v) is 7.32. The maximum Gasteiger partial charge on any atom is 0.257 e. The number of nitriles is 1. The molecule has 6 rings (SSSR count). The van der Waals surface area contributed by atoms with Gasteiger partial charge in [0.15, 0.2) is 0 Å². The third kappa shape index (κ3) is 16.6. The SMILES string of the molecule is COCCOCCOCCOCCOCCOCCOCCOc1nn(C2CCC(N3CCOCC3)CC2)cc1Nc1ncc(-c2ccc(C#N)c(O[C@@H](C)Cn3cncn3)c2)cn1. The molecule has 350 valence electrons. The normalized spacial score (nSPS) is 17.3. The third-order valence-corrected chi connectivity index (χ3v) is 10.6. The first-order chi connectivity index (χ1) is 31.6. The monoisotopic (exact) mass is 892 g/mol. The zero-order valence-corrected chi connectivity index (χ0v) is 37.2. The van der Waals surface area contributed by atoms with E-state index in [1.54, 1.807) is 36.6 Å². The molecule has 4 aromatic rings. The van der Waals surface area contributed by atoms with Crippen molar-refractivity contribution in [2.45, 2.75) is 57.3 Å². The molecule has 2 aliphatic rings. The smallest absolute Gasteiger partial charge is 0.257 e. The second kappa shape index (κ2) is 28.2. The van der Waals surface area contributed by atoms with Crippen molar-refractivity contribution in [1.82, 2.24) is 39.4 Å². The molecular weight excluding hydrogens is 829 g/mol. The summed E-state index contributed by atoms with van der Waals surface area (Å²) in [5, 5.41) is 22.1. The number of hydrogen-bond acceptors (Lipinski definition) is 18. The molecule has 1 atom stereocenters. The van der Waals surface area contributed by atoms with Gasteiger partial charge in [-0.3, -0.25) is 9.58 Å². The van der Waals surface area contributed by atoms with Crippen molar-refractivity contribution in [3.8, 4) is 28.8 Å². The number of nitrogens with one attached hydrogen (secondary N) is 1. The lowest BCUT2D eigenvalue weighted by molar-refractivity contribution is -0.0199. The van der Waals surface area contributed by atoms with Gasteiger partial charge in [0.25, 0.3) is 5.88 Å². The summed E-state index contributed by atoms with van der Waals surface area (Å²) in [6.45, 7) is 12.7. The summed E-state index contributed by atoms with van der Waals surface area (Å²) in [5.74, 6) is 1.31. The number of methoxy groups -OCH3 is 1. The van der Waals surface area contributed by atoms with E-state index < -0.39 is 0 Å². The molecule has 1 saturated carbocycles. The highest BCUT2D eigenvalue weighted by Gasteiger charge is 2.29. The standard InChI is InChI=1S/C44H64N10O10/c1-35(31-53-34-46-33-49-53)64-42-27-36(3-4-37(42)28-45)38-29-47-44(48-30-38)50-41-32-54(40-7-5-39(6-8-40)52-9-11-56-12-10-52)51-43(41)63-26-25-62-24-23-61-22-21-60-20-19-59-18-17-58-16-15-57-14-13-55-2/h3-4,27,29-30,32-35,39-40H,5-26,31H2,1-2H3,(H,47,48,50)/t35-,39?,40?/m0/s1. The molecule has 0 amide bonds. The Bertz CT molecular complexity index is 1900. The summed E-state index contributed by atoms with van der Waals surface area (Å²) >= 11 is 0. The summed E-state index contributed by atoms with van der Waals surface area (Å²) in [4.78, 5) is 15.8. The molecule has 20 heteroatoms. The number of nitrogens with zero attached hydrogens (tertiary/aromatic N) is 9. The summed E-state index contributed by atoms with van der Waals surface area (Å²) < 4.78 is 59.9. The number of rotatable bonds is 31. The molecule has 3 aromatic heterocycles. The number of ether oxygens (including phenoxy) is 10. The van der Waals surface area contributed by atoms with Crippen LogP contribution in [-0.4, -0.2) is 177 Å². The van der Waals surface area contributed by atoms with Gasteiger partial charge >= 0.3 is 0 Å². The number of anilines is 2. The van der Waals surface area contributed by atoms with Gasteiger partial charge < -0.3 is 52.7 Å². The Labute approximate surface area is 375 Å². The van der Waals surface area contributed by atoms with Crippen LogP contribution in [-0.2, 0) is 44.4 Å². The molecule has 4 heterocycles. The van der Waals surface area contributed by atoms with Crippen molar-refractivity contribution in [3.63, 3.8) is 0 Å². The van der Waals surface area contributed by atoms with Crippen molar-refractivity contribution in [2.75, 3.05) is 131 Å². The molecule has 1 aliphatic carbocycles. The highest BCUT2D eigenvalue weighted by Crippen LogP contribution is 2.35. The lowest BCUT2D eigenvalue weighted by Crippen LogP contribution is -2.45. The average Bonchev–Trinajstić information content (AvgIpc) is 4.00. The van der Waals surface area contributed by atoms with E-state index in [-0.39, 0.29) is 12.1 Å². The van der Waals surface area contributed by atoms with E-state index in [0.717, 1.165) is 63.1 Å². The molecule has 20 nitrogen and oxygen atoms in total. The highest BCUT2D eigenvalue weighted by molar-refractivity contribution is 5.67. The predicted octanol–water partition coefficient (Wildman–Crippen LogP) is 3.96. The van der Waals surface area contributed by atoms with Gasteiger partial charge in [-0.2, -0.15) is 10.4 Å². The molecule has 1 aliphatic heterocycles. The lowest BCUT2D eigenvalue weighted by atomic mass is 9.90. The quantitative estimate of drug-likeness (QED) is 0.0710. The van der Waals surface area contributed by atoms with Gasteiger partial charge in [0, 0.05) is 44.2 Å². The Hall–Kier alpha value is -4.82. The second-order valence-electron chi connectivity index (χ2n) is 15.2. The van der Waals surface area contributed by atoms with E-state index in [9.17, 15) is 5.26 Å². The Balaban J connectivity index is 0.935. The Kier molecular flexibility index (Phi) is 21.4. The highest BCUT2D eigenvalue weighted by atomic mass is 16.6. The average molecular weight is 893 g/mol. The zero-order valence-electron chi connectivity index (χ0n) is 37.2. The van der Waals surface area contributed by atoms with E-state index in [1.807, 2.05) is 29.9 Å². The largest absolute Gasteiger partial charge is 0.487 e. The number of aromatic nitrogens is 7. The summed E-state index contributed by atoms with van der Waals surface area (Å²) in [7, 11) is 1.65. The Morgan fingerprint density at radius 3 is 1.95 bits per heavy atom. The van der Waals surface area contributed by atoms with Crippen LogP contribution in [0, 0.1) is 11.3 Å². The van der Waals surface area contributed by atoms with Gasteiger partial charge in [-0.1, -0.05) is 6.07 Å². The van der Waals surface area contributed by atoms with E-state index in [1.165, 1.54) is 6.33 Å². The minimum absolute atomic E-state index is 0.247. The molecule has 64 heavy (non-hydrogen) atoms. The van der Waals surface area contributed by atoms with Crippen molar-refractivity contribution in [3.05, 3.63) is 55.0 Å². The van der Waals surface area contributed by atoms with Gasteiger partial charge in [-0.15, -0.1) is 5.10 Å². The van der Waals surface area contributed by atoms with E-state index in [4.69, 9.17) is 52.5 Å². The lowest BCUT2D eigenvalue weighted by Gasteiger charge is -2.38. The molecular formula is C44H64N10O10. The van der Waals surface area contributed by atoms with Crippen LogP contribution in [0.1, 0.15) is 44.2 Å². The fourth-order valence-electron chi connectivity index (χ4n) is 7.32. The van der Waals surface area contributed by atoms with Gasteiger partial charge in [-0.05, 0) is 50.3 Å². The first kappa shape index (κ1) is 48.6. The van der Waals surface area contributed by atoms with Crippen molar-refractivity contribution in [1.29, 1.82) is 5.26 Å². The van der Waals surface area contributed by atoms with Gasteiger partial charge in [0.05, 0.1) is 123 Å². The topological polar surface area (TPSA) is 206 Å². The minimum atomic E-state index is -0.252. The summed E-state index contributed by atoms with van der Waals surface area (Å²) in [6, 6.07) is 8.46. The van der Waals surface area contributed by atoms with E-state index in [0.29, 0.717) is 134 Å². The molecule has 1 saturated heterocycles. The molecule has 1 aromatic carbocycles. The van der Waals surface area contributed by atoms with Crippen LogP contribution in [0.4, 0.5) is 11.6 Å². The maximum absolute atomic E-state index is 9.75. The minimum Gasteiger partial charge on any atom is -0.487 e.